The summed E-state index contributed by atoms with van der Waals surface area (Å²) < 4.78 is 12.9. The van der Waals surface area contributed by atoms with Crippen LogP contribution in [0.4, 0.5) is 0 Å². The summed E-state index contributed by atoms with van der Waals surface area (Å²) in [6.45, 7) is 3.60. The summed E-state index contributed by atoms with van der Waals surface area (Å²) in [6.07, 6.45) is 2.94. The molecule has 0 unspecified atom stereocenters. The Balaban J connectivity index is 1.45. The monoisotopic (exact) mass is 584 g/mol. The summed E-state index contributed by atoms with van der Waals surface area (Å²) >= 11 is 6.85. The van der Waals surface area contributed by atoms with Crippen LogP contribution in [-0.4, -0.2) is 37.5 Å². The maximum absolute atomic E-state index is 12.0. The molecule has 0 bridgehead atoms. The van der Waals surface area contributed by atoms with E-state index in [2.05, 4.69) is 41.8 Å². The molecule has 3 aromatic carbocycles. The maximum Gasteiger partial charge on any atom is 0.283 e. The Morgan fingerprint density at radius 2 is 1.09 bits per heavy atom. The second-order valence-electron chi connectivity index (χ2n) is 7.37. The molecule has 0 aliphatic rings. The van der Waals surface area contributed by atoms with Gasteiger partial charge in [0, 0.05) is 21.4 Å². The number of hydrogen-bond acceptors (Lipinski definition) is 4. The molecule has 0 saturated heterocycles. The number of carbonyl (C=O) groups excluding carboxylic acids is 2. The second-order valence-corrected chi connectivity index (χ2v) is 9.08. The smallest absolute Gasteiger partial charge is 0.283 e. The molecule has 0 radical (unpaired) electrons. The van der Waals surface area contributed by atoms with E-state index in [1.165, 1.54) is 12.4 Å². The van der Waals surface area contributed by atoms with Crippen LogP contribution in [0.3, 0.4) is 0 Å². The molecule has 0 atom stereocenters. The van der Waals surface area contributed by atoms with Gasteiger partial charge in [0.15, 0.2) is 13.2 Å². The Hall–Kier alpha value is -3.10. The molecule has 174 valence electrons. The van der Waals surface area contributed by atoms with Crippen molar-refractivity contribution in [1.29, 1.82) is 0 Å². The van der Waals surface area contributed by atoms with Gasteiger partial charge >= 0.3 is 0 Å². The number of halogens is 2. The molecular weight excluding hydrogens is 564 g/mol. The van der Waals surface area contributed by atoms with Gasteiger partial charge in [-0.2, -0.15) is 0 Å². The van der Waals surface area contributed by atoms with Gasteiger partial charge in [0.2, 0.25) is 0 Å². The highest BCUT2D eigenvalue weighted by Gasteiger charge is 2.04. The van der Waals surface area contributed by atoms with Crippen molar-refractivity contribution in [3.05, 3.63) is 91.9 Å². The van der Waals surface area contributed by atoms with Gasteiger partial charge in [-0.05, 0) is 72.5 Å². The van der Waals surface area contributed by atoms with Crippen molar-refractivity contribution < 1.29 is 19.1 Å². The van der Waals surface area contributed by atoms with Crippen LogP contribution < -0.4 is 9.47 Å². The predicted molar refractivity (Wildman–Crippen MR) is 140 cm³/mol. The van der Waals surface area contributed by atoms with E-state index >= 15 is 0 Å². The quantitative estimate of drug-likeness (QED) is 0.309. The highest BCUT2D eigenvalue weighted by Crippen LogP contribution is 2.22. The van der Waals surface area contributed by atoms with Gasteiger partial charge in [-0.3, -0.25) is 9.59 Å². The van der Waals surface area contributed by atoms with Crippen LogP contribution in [0.5, 0.6) is 11.5 Å². The van der Waals surface area contributed by atoms with Crippen molar-refractivity contribution in [2.75, 3.05) is 13.2 Å². The van der Waals surface area contributed by atoms with E-state index in [1.54, 1.807) is 36.4 Å². The first-order valence-corrected chi connectivity index (χ1v) is 11.9. The van der Waals surface area contributed by atoms with E-state index in [4.69, 9.17) is 9.47 Å². The topological polar surface area (TPSA) is 77.3 Å². The van der Waals surface area contributed by atoms with Crippen molar-refractivity contribution in [2.45, 2.75) is 13.8 Å². The largest absolute Gasteiger partial charge is 0.484 e. The Morgan fingerprint density at radius 3 is 1.44 bits per heavy atom. The summed E-state index contributed by atoms with van der Waals surface area (Å²) in [7, 11) is 0. The van der Waals surface area contributed by atoms with Gasteiger partial charge in [-0.15, -0.1) is 0 Å². The first-order chi connectivity index (χ1) is 16.3. The normalized spacial score (nSPS) is 11.2. The summed E-state index contributed by atoms with van der Waals surface area (Å²) in [5.41, 5.74) is 3.52. The zero-order valence-corrected chi connectivity index (χ0v) is 21.8. The number of ether oxygens (including phenoxy) is 2. The van der Waals surface area contributed by atoms with Crippen LogP contribution in [0.2, 0.25) is 0 Å². The number of hydrogen-bond donors (Lipinski definition) is 0. The van der Waals surface area contributed by atoms with Crippen LogP contribution in [0.1, 0.15) is 22.3 Å². The van der Waals surface area contributed by atoms with Crippen LogP contribution >= 0.6 is 31.9 Å². The highest BCUT2D eigenvalue weighted by atomic mass is 79.9. The summed E-state index contributed by atoms with van der Waals surface area (Å²) in [6, 6.07) is 18.1. The average molecular weight is 586 g/mol. The zero-order chi connectivity index (χ0) is 24.5. The van der Waals surface area contributed by atoms with Gasteiger partial charge in [0.1, 0.15) is 11.5 Å². The number of nitrogens with zero attached hydrogens (tertiary/aromatic N) is 2. The van der Waals surface area contributed by atoms with Crippen LogP contribution in [0, 0.1) is 13.8 Å². The standard InChI is InChI=1S/C26H22Br2N2O4/c1-17-11-21(7-9-23(17)27)33-15-25(31)29-13-19-3-5-20(6-4-19)14-30-26(32)16-34-22-8-10-24(28)18(2)12-22/h3-14H,15-16H2,1-2H3. The lowest BCUT2D eigenvalue weighted by Gasteiger charge is -2.05. The predicted octanol–water partition coefficient (Wildman–Crippen LogP) is 5.88. The number of carbonyl (C=O) groups is 2. The van der Waals surface area contributed by atoms with Gasteiger partial charge < -0.3 is 9.47 Å². The lowest BCUT2D eigenvalue weighted by atomic mass is 10.1. The van der Waals surface area contributed by atoms with Crippen molar-refractivity contribution in [1.82, 2.24) is 0 Å². The second kappa shape index (κ2) is 12.4. The Kier molecular flexibility index (Phi) is 9.30. The molecule has 3 aromatic rings. The molecule has 34 heavy (non-hydrogen) atoms. The summed E-state index contributed by atoms with van der Waals surface area (Å²) in [5, 5.41) is 0. The summed E-state index contributed by atoms with van der Waals surface area (Å²) in [5.74, 6) is 0.440. The van der Waals surface area contributed by atoms with E-state index in [0.717, 1.165) is 31.2 Å². The minimum absolute atomic E-state index is 0.147. The lowest BCUT2D eigenvalue weighted by molar-refractivity contribution is -0.120. The van der Waals surface area contributed by atoms with Crippen molar-refractivity contribution in [2.24, 2.45) is 9.98 Å². The molecule has 0 N–H and O–H groups in total. The van der Waals surface area contributed by atoms with Gasteiger partial charge in [-0.1, -0.05) is 56.1 Å². The van der Waals surface area contributed by atoms with Gasteiger partial charge in [0.05, 0.1) is 0 Å². The Bertz CT molecular complexity index is 1140. The molecule has 0 aromatic heterocycles. The fourth-order valence-electron chi connectivity index (χ4n) is 2.74. The Morgan fingerprint density at radius 1 is 0.706 bits per heavy atom. The van der Waals surface area contributed by atoms with E-state index in [0.29, 0.717) is 11.5 Å². The van der Waals surface area contributed by atoms with Crippen molar-refractivity contribution in [3.8, 4) is 11.5 Å². The van der Waals surface area contributed by atoms with Crippen molar-refractivity contribution >= 4 is 56.1 Å². The van der Waals surface area contributed by atoms with E-state index in [1.807, 2.05) is 38.1 Å². The minimum atomic E-state index is -0.391. The third-order valence-corrected chi connectivity index (χ3v) is 6.41. The molecule has 6 nitrogen and oxygen atoms in total. The molecule has 0 saturated carbocycles. The first kappa shape index (κ1) is 25.5. The van der Waals surface area contributed by atoms with E-state index in [-0.39, 0.29) is 13.2 Å². The van der Waals surface area contributed by atoms with E-state index < -0.39 is 11.8 Å². The lowest BCUT2D eigenvalue weighted by Crippen LogP contribution is -2.09. The third-order valence-electron chi connectivity index (χ3n) is 4.64. The number of rotatable bonds is 8. The molecule has 0 heterocycles. The SMILES string of the molecule is Cc1cc(OCC(=O)N=Cc2ccc(C=NC(=O)COc3ccc(Br)c(C)c3)cc2)ccc1Br. The van der Waals surface area contributed by atoms with E-state index in [9.17, 15) is 9.59 Å². The van der Waals surface area contributed by atoms with Crippen molar-refractivity contribution in [3.63, 3.8) is 0 Å². The number of benzene rings is 3. The highest BCUT2D eigenvalue weighted by molar-refractivity contribution is 9.10. The van der Waals surface area contributed by atoms with Crippen LogP contribution in [-0.2, 0) is 9.59 Å². The number of amides is 2. The third kappa shape index (κ3) is 8.04. The molecule has 0 spiro atoms. The van der Waals surface area contributed by atoms with Gasteiger partial charge in [-0.25, -0.2) is 9.98 Å². The molecule has 0 aliphatic heterocycles. The molecule has 0 fully saturated rings. The summed E-state index contributed by atoms with van der Waals surface area (Å²) in [4.78, 5) is 31.8. The Labute approximate surface area is 215 Å². The number of aryl methyl sites for hydroxylation is 2. The fraction of sp³-hybridized carbons (Fsp3) is 0.154. The fourth-order valence-corrected chi connectivity index (χ4v) is 3.23. The van der Waals surface area contributed by atoms with Crippen LogP contribution in [0.15, 0.2) is 79.6 Å². The molecular formula is C26H22Br2N2O4. The number of aliphatic imine (C=N–C) groups is 2. The maximum atomic E-state index is 12.0. The average Bonchev–Trinajstić information content (AvgIpc) is 2.83. The zero-order valence-electron chi connectivity index (χ0n) is 18.6. The first-order valence-electron chi connectivity index (χ1n) is 10.3. The minimum Gasteiger partial charge on any atom is -0.484 e. The molecule has 3 rings (SSSR count). The van der Waals surface area contributed by atoms with Crippen LogP contribution in [0.25, 0.3) is 0 Å². The molecule has 8 heteroatoms. The van der Waals surface area contributed by atoms with Gasteiger partial charge in [0.25, 0.3) is 11.8 Å². The molecule has 0 aliphatic carbocycles. The molecule has 2 amide bonds.